The summed E-state index contributed by atoms with van der Waals surface area (Å²) in [5.74, 6) is 0.166. The molecule has 4 heteroatoms. The quantitative estimate of drug-likeness (QED) is 0.886. The fraction of sp³-hybridized carbons (Fsp3) is 0.294. The van der Waals surface area contributed by atoms with Crippen LogP contribution in [-0.2, 0) is 5.41 Å². The number of nitrogens with two attached hydrogens (primary N) is 1. The minimum absolute atomic E-state index is 0.0964. The van der Waals surface area contributed by atoms with Crippen molar-refractivity contribution >= 4 is 17.4 Å². The number of hydrogen-bond acceptors (Lipinski definition) is 3. The molecule has 0 saturated carbocycles. The summed E-state index contributed by atoms with van der Waals surface area (Å²) in [4.78, 5) is 16.3. The SMILES string of the molecule is Cc1cc(C(=O)Nc2ccc(C(C)(C)C)cc2)cc(N)n1. The first kappa shape index (κ1) is 15.0. The van der Waals surface area contributed by atoms with Crippen LogP contribution in [0.25, 0.3) is 0 Å². The number of rotatable bonds is 2. The molecule has 1 aromatic heterocycles. The summed E-state index contributed by atoms with van der Waals surface area (Å²) in [7, 11) is 0. The van der Waals surface area contributed by atoms with Crippen molar-refractivity contribution in [1.82, 2.24) is 4.98 Å². The number of hydrogen-bond donors (Lipinski definition) is 2. The Morgan fingerprint density at radius 2 is 1.76 bits per heavy atom. The molecule has 0 aliphatic carbocycles. The number of nitrogen functional groups attached to an aromatic ring is 1. The molecule has 21 heavy (non-hydrogen) atoms. The summed E-state index contributed by atoms with van der Waals surface area (Å²) in [6.07, 6.45) is 0. The van der Waals surface area contributed by atoms with E-state index in [4.69, 9.17) is 5.73 Å². The second-order valence-electron chi connectivity index (χ2n) is 6.20. The maximum atomic E-state index is 12.2. The van der Waals surface area contributed by atoms with E-state index in [0.717, 1.165) is 11.4 Å². The van der Waals surface area contributed by atoms with Gasteiger partial charge in [-0.25, -0.2) is 4.98 Å². The zero-order valence-electron chi connectivity index (χ0n) is 12.9. The zero-order valence-corrected chi connectivity index (χ0v) is 12.9. The van der Waals surface area contributed by atoms with Gasteiger partial charge in [0.2, 0.25) is 0 Å². The molecule has 1 heterocycles. The minimum Gasteiger partial charge on any atom is -0.384 e. The fourth-order valence-corrected chi connectivity index (χ4v) is 2.08. The van der Waals surface area contributed by atoms with E-state index in [2.05, 4.69) is 31.1 Å². The van der Waals surface area contributed by atoms with Gasteiger partial charge in [0.05, 0.1) is 0 Å². The van der Waals surface area contributed by atoms with Gasteiger partial charge in [-0.2, -0.15) is 0 Å². The summed E-state index contributed by atoms with van der Waals surface area (Å²) in [5, 5.41) is 2.87. The predicted molar refractivity (Wildman–Crippen MR) is 86.5 cm³/mol. The van der Waals surface area contributed by atoms with Crippen LogP contribution in [0, 0.1) is 6.92 Å². The number of carbonyl (C=O) groups excluding carboxylic acids is 1. The van der Waals surface area contributed by atoms with E-state index < -0.39 is 0 Å². The lowest BCUT2D eigenvalue weighted by Crippen LogP contribution is -2.14. The molecule has 1 amide bonds. The molecule has 0 atom stereocenters. The van der Waals surface area contributed by atoms with E-state index in [0.29, 0.717) is 11.4 Å². The van der Waals surface area contributed by atoms with Gasteiger partial charge in [0.1, 0.15) is 5.82 Å². The normalized spacial score (nSPS) is 11.2. The van der Waals surface area contributed by atoms with Crippen LogP contribution in [0.15, 0.2) is 36.4 Å². The number of aryl methyl sites for hydroxylation is 1. The van der Waals surface area contributed by atoms with Gasteiger partial charge >= 0.3 is 0 Å². The molecule has 110 valence electrons. The van der Waals surface area contributed by atoms with Gasteiger partial charge in [0, 0.05) is 16.9 Å². The average molecular weight is 283 g/mol. The number of nitrogens with zero attached hydrogens (tertiary/aromatic N) is 1. The smallest absolute Gasteiger partial charge is 0.255 e. The van der Waals surface area contributed by atoms with Crippen LogP contribution >= 0.6 is 0 Å². The van der Waals surface area contributed by atoms with Crippen molar-refractivity contribution in [2.24, 2.45) is 0 Å². The molecule has 1 aromatic carbocycles. The summed E-state index contributed by atoms with van der Waals surface area (Å²) in [6.45, 7) is 8.28. The molecule has 0 saturated heterocycles. The molecule has 0 aliphatic rings. The molecular weight excluding hydrogens is 262 g/mol. The average Bonchev–Trinajstić information content (AvgIpc) is 2.37. The Balaban J connectivity index is 2.16. The van der Waals surface area contributed by atoms with Crippen molar-refractivity contribution < 1.29 is 4.79 Å². The van der Waals surface area contributed by atoms with E-state index in [1.165, 1.54) is 5.56 Å². The topological polar surface area (TPSA) is 68.0 Å². The highest BCUT2D eigenvalue weighted by Crippen LogP contribution is 2.23. The van der Waals surface area contributed by atoms with E-state index >= 15 is 0 Å². The van der Waals surface area contributed by atoms with Crippen molar-refractivity contribution in [3.63, 3.8) is 0 Å². The van der Waals surface area contributed by atoms with Crippen LogP contribution in [0.5, 0.6) is 0 Å². The first-order valence-electron chi connectivity index (χ1n) is 6.92. The summed E-state index contributed by atoms with van der Waals surface area (Å²) >= 11 is 0. The number of aromatic nitrogens is 1. The number of anilines is 2. The van der Waals surface area contributed by atoms with Crippen LogP contribution in [-0.4, -0.2) is 10.9 Å². The highest BCUT2D eigenvalue weighted by molar-refractivity contribution is 6.04. The van der Waals surface area contributed by atoms with Gasteiger partial charge in [-0.05, 0) is 42.2 Å². The summed E-state index contributed by atoms with van der Waals surface area (Å²) in [6, 6.07) is 11.2. The highest BCUT2D eigenvalue weighted by Gasteiger charge is 2.13. The van der Waals surface area contributed by atoms with Gasteiger partial charge < -0.3 is 11.1 Å². The van der Waals surface area contributed by atoms with E-state index in [1.54, 1.807) is 12.1 Å². The van der Waals surface area contributed by atoms with Crippen molar-refractivity contribution in [2.75, 3.05) is 11.1 Å². The van der Waals surface area contributed by atoms with E-state index in [9.17, 15) is 4.79 Å². The molecule has 2 aromatic rings. The summed E-state index contributed by atoms with van der Waals surface area (Å²) in [5.41, 5.74) is 8.99. The third kappa shape index (κ3) is 3.81. The Kier molecular flexibility index (Phi) is 3.98. The predicted octanol–water partition coefficient (Wildman–Crippen LogP) is 3.52. The van der Waals surface area contributed by atoms with Crippen LogP contribution < -0.4 is 11.1 Å². The van der Waals surface area contributed by atoms with Crippen LogP contribution in [0.2, 0.25) is 0 Å². The Hall–Kier alpha value is -2.36. The van der Waals surface area contributed by atoms with Crippen LogP contribution in [0.1, 0.15) is 42.4 Å². The lowest BCUT2D eigenvalue weighted by Gasteiger charge is -2.19. The Bertz CT molecular complexity index is 634. The monoisotopic (exact) mass is 283 g/mol. The maximum Gasteiger partial charge on any atom is 0.255 e. The summed E-state index contributed by atoms with van der Waals surface area (Å²) < 4.78 is 0. The third-order valence-electron chi connectivity index (χ3n) is 3.24. The van der Waals surface area contributed by atoms with Gasteiger partial charge in [0.15, 0.2) is 0 Å². The lowest BCUT2D eigenvalue weighted by molar-refractivity contribution is 0.102. The van der Waals surface area contributed by atoms with E-state index in [-0.39, 0.29) is 11.3 Å². The first-order chi connectivity index (χ1) is 9.75. The molecule has 3 N–H and O–H groups in total. The molecule has 0 radical (unpaired) electrons. The molecule has 2 rings (SSSR count). The van der Waals surface area contributed by atoms with Crippen molar-refractivity contribution in [1.29, 1.82) is 0 Å². The molecule has 0 unspecified atom stereocenters. The fourth-order valence-electron chi connectivity index (χ4n) is 2.08. The van der Waals surface area contributed by atoms with Crippen LogP contribution in [0.3, 0.4) is 0 Å². The molecule has 0 spiro atoms. The van der Waals surface area contributed by atoms with E-state index in [1.807, 2.05) is 31.2 Å². The van der Waals surface area contributed by atoms with Crippen molar-refractivity contribution in [2.45, 2.75) is 33.1 Å². The number of nitrogens with one attached hydrogen (secondary N) is 1. The number of carbonyl (C=O) groups is 1. The molecule has 0 fully saturated rings. The van der Waals surface area contributed by atoms with Crippen LogP contribution in [0.4, 0.5) is 11.5 Å². The Morgan fingerprint density at radius 3 is 2.29 bits per heavy atom. The van der Waals surface area contributed by atoms with Gasteiger partial charge in [-0.1, -0.05) is 32.9 Å². The second kappa shape index (κ2) is 5.56. The molecule has 0 aliphatic heterocycles. The molecule has 0 bridgehead atoms. The Labute approximate surface area is 125 Å². The molecular formula is C17H21N3O. The van der Waals surface area contributed by atoms with Crippen molar-refractivity contribution in [3.8, 4) is 0 Å². The standard InChI is InChI=1S/C17H21N3O/c1-11-9-12(10-15(18)19-11)16(21)20-14-7-5-13(6-8-14)17(2,3)4/h5-10H,1-4H3,(H2,18,19)(H,20,21). The number of pyridine rings is 1. The third-order valence-corrected chi connectivity index (χ3v) is 3.24. The van der Waals surface area contributed by atoms with Gasteiger partial charge in [-0.15, -0.1) is 0 Å². The minimum atomic E-state index is -0.185. The number of amides is 1. The molecule has 4 nitrogen and oxygen atoms in total. The first-order valence-corrected chi connectivity index (χ1v) is 6.92. The Morgan fingerprint density at radius 1 is 1.14 bits per heavy atom. The second-order valence-corrected chi connectivity index (χ2v) is 6.20. The lowest BCUT2D eigenvalue weighted by atomic mass is 9.87. The number of benzene rings is 1. The highest BCUT2D eigenvalue weighted by atomic mass is 16.1. The van der Waals surface area contributed by atoms with Gasteiger partial charge in [-0.3, -0.25) is 4.79 Å². The largest absolute Gasteiger partial charge is 0.384 e. The maximum absolute atomic E-state index is 12.2. The van der Waals surface area contributed by atoms with Gasteiger partial charge in [0.25, 0.3) is 5.91 Å². The van der Waals surface area contributed by atoms with Crippen molar-refractivity contribution in [3.05, 3.63) is 53.2 Å². The zero-order chi connectivity index (χ0) is 15.6.